The van der Waals surface area contributed by atoms with E-state index in [-0.39, 0.29) is 24.0 Å². The summed E-state index contributed by atoms with van der Waals surface area (Å²) in [6.07, 6.45) is 1.13. The van der Waals surface area contributed by atoms with E-state index < -0.39 is 0 Å². The summed E-state index contributed by atoms with van der Waals surface area (Å²) in [5.74, 6) is 0.908. The first-order valence-electron chi connectivity index (χ1n) is 8.76. The molecule has 3 rings (SSSR count). The number of thiazole rings is 1. The van der Waals surface area contributed by atoms with Crippen LogP contribution in [-0.2, 0) is 13.0 Å². The second kappa shape index (κ2) is 9.55. The lowest BCUT2D eigenvalue weighted by molar-refractivity contribution is 0.470. The van der Waals surface area contributed by atoms with E-state index in [0.717, 1.165) is 42.7 Å². The van der Waals surface area contributed by atoms with Crippen molar-refractivity contribution in [2.45, 2.75) is 32.9 Å². The molecule has 1 aromatic heterocycles. The third-order valence-corrected chi connectivity index (χ3v) is 5.45. The molecule has 1 N–H and O–H groups in total. The van der Waals surface area contributed by atoms with E-state index in [0.29, 0.717) is 6.04 Å². The molecular formula is C19H28IN5S. The first-order valence-corrected chi connectivity index (χ1v) is 9.63. The Morgan fingerprint density at radius 2 is 2.19 bits per heavy atom. The van der Waals surface area contributed by atoms with Crippen molar-refractivity contribution in [3.63, 3.8) is 0 Å². The second-order valence-corrected chi connectivity index (χ2v) is 7.63. The van der Waals surface area contributed by atoms with Crippen LogP contribution in [0.1, 0.15) is 23.2 Å². The Kier molecular flexibility index (Phi) is 7.69. The lowest BCUT2D eigenvalue weighted by atomic mass is 10.1. The predicted octanol–water partition coefficient (Wildman–Crippen LogP) is 3.53. The molecule has 0 aliphatic carbocycles. The van der Waals surface area contributed by atoms with E-state index in [2.05, 4.69) is 68.7 Å². The molecule has 0 fully saturated rings. The van der Waals surface area contributed by atoms with Crippen molar-refractivity contribution < 1.29 is 0 Å². The molecule has 5 nitrogen and oxygen atoms in total. The second-order valence-electron chi connectivity index (χ2n) is 6.56. The van der Waals surface area contributed by atoms with Gasteiger partial charge in [0.1, 0.15) is 0 Å². The third kappa shape index (κ3) is 4.88. The average Bonchev–Trinajstić information content (AvgIpc) is 3.14. The minimum Gasteiger partial charge on any atom is -0.367 e. The summed E-state index contributed by atoms with van der Waals surface area (Å²) in [4.78, 5) is 13.5. The van der Waals surface area contributed by atoms with Gasteiger partial charge in [0, 0.05) is 44.3 Å². The minimum atomic E-state index is 0. The monoisotopic (exact) mass is 485 g/mol. The Hall–Kier alpha value is -1.35. The van der Waals surface area contributed by atoms with Crippen molar-refractivity contribution in [2.75, 3.05) is 32.1 Å². The summed E-state index contributed by atoms with van der Waals surface area (Å²) in [6.45, 7) is 6.95. The number of hydrogen-bond acceptors (Lipinski definition) is 4. The topological polar surface area (TPSA) is 43.8 Å². The SMILES string of the molecule is CN=C(NCCN1c2ccccc2CC1C)N(C)Cc1csc(C)n1.I. The molecule has 7 heteroatoms. The van der Waals surface area contributed by atoms with Gasteiger partial charge >= 0.3 is 0 Å². The van der Waals surface area contributed by atoms with Crippen LogP contribution >= 0.6 is 35.3 Å². The molecule has 0 spiro atoms. The predicted molar refractivity (Wildman–Crippen MR) is 122 cm³/mol. The number of nitrogens with one attached hydrogen (secondary N) is 1. The van der Waals surface area contributed by atoms with Gasteiger partial charge in [-0.1, -0.05) is 18.2 Å². The summed E-state index contributed by atoms with van der Waals surface area (Å²) in [7, 11) is 3.89. The Labute approximate surface area is 177 Å². The molecule has 1 atom stereocenters. The van der Waals surface area contributed by atoms with Crippen LogP contribution in [-0.4, -0.2) is 49.1 Å². The van der Waals surface area contributed by atoms with Gasteiger partial charge in [0.15, 0.2) is 5.96 Å². The molecule has 0 saturated heterocycles. The van der Waals surface area contributed by atoms with Crippen LogP contribution in [0, 0.1) is 6.92 Å². The minimum absolute atomic E-state index is 0. The molecule has 1 aliphatic rings. The summed E-state index contributed by atoms with van der Waals surface area (Å²) in [6, 6.07) is 9.27. The molecule has 0 bridgehead atoms. The van der Waals surface area contributed by atoms with Crippen molar-refractivity contribution in [3.05, 3.63) is 45.9 Å². The molecule has 0 radical (unpaired) electrons. The number of benzene rings is 1. The number of aliphatic imine (C=N–C) groups is 1. The number of halogens is 1. The summed E-state index contributed by atoms with van der Waals surface area (Å²) < 4.78 is 0. The fraction of sp³-hybridized carbons (Fsp3) is 0.474. The highest BCUT2D eigenvalue weighted by atomic mass is 127. The Morgan fingerprint density at radius 1 is 1.42 bits per heavy atom. The van der Waals surface area contributed by atoms with Gasteiger partial charge in [0.2, 0.25) is 0 Å². The van der Waals surface area contributed by atoms with Crippen LogP contribution in [0.15, 0.2) is 34.6 Å². The quantitative estimate of drug-likeness (QED) is 0.400. The van der Waals surface area contributed by atoms with Crippen molar-refractivity contribution in [2.24, 2.45) is 4.99 Å². The van der Waals surface area contributed by atoms with Gasteiger partial charge in [-0.05, 0) is 31.9 Å². The highest BCUT2D eigenvalue weighted by molar-refractivity contribution is 14.0. The molecular weight excluding hydrogens is 457 g/mol. The third-order valence-electron chi connectivity index (χ3n) is 4.62. The van der Waals surface area contributed by atoms with E-state index in [4.69, 9.17) is 0 Å². The number of anilines is 1. The van der Waals surface area contributed by atoms with Crippen LogP contribution in [0.3, 0.4) is 0 Å². The van der Waals surface area contributed by atoms with Crippen LogP contribution in [0.5, 0.6) is 0 Å². The normalized spacial score (nSPS) is 16.2. The molecule has 1 aromatic carbocycles. The van der Waals surface area contributed by atoms with E-state index in [1.54, 1.807) is 11.3 Å². The Bertz CT molecular complexity index is 745. The highest BCUT2D eigenvalue weighted by Gasteiger charge is 2.24. The lowest BCUT2D eigenvalue weighted by Crippen LogP contribution is -2.43. The average molecular weight is 485 g/mol. The van der Waals surface area contributed by atoms with Crippen LogP contribution in [0.2, 0.25) is 0 Å². The summed E-state index contributed by atoms with van der Waals surface area (Å²) in [5, 5.41) is 6.70. The maximum atomic E-state index is 4.53. The number of rotatable bonds is 5. The van der Waals surface area contributed by atoms with Gasteiger partial charge in [-0.2, -0.15) is 0 Å². The first kappa shape index (κ1) is 21.0. The number of nitrogens with zero attached hydrogens (tertiary/aromatic N) is 4. The van der Waals surface area contributed by atoms with E-state index >= 15 is 0 Å². The number of aryl methyl sites for hydroxylation is 1. The van der Waals surface area contributed by atoms with Gasteiger partial charge in [-0.25, -0.2) is 4.98 Å². The lowest BCUT2D eigenvalue weighted by Gasteiger charge is -2.27. The number of para-hydroxylation sites is 1. The highest BCUT2D eigenvalue weighted by Crippen LogP contribution is 2.31. The number of fused-ring (bicyclic) bond motifs is 1. The first-order chi connectivity index (χ1) is 12.1. The van der Waals surface area contributed by atoms with Gasteiger partial charge in [0.05, 0.1) is 17.2 Å². The van der Waals surface area contributed by atoms with Crippen LogP contribution in [0.25, 0.3) is 0 Å². The zero-order chi connectivity index (χ0) is 17.8. The largest absolute Gasteiger partial charge is 0.367 e. The van der Waals surface area contributed by atoms with Crippen LogP contribution in [0.4, 0.5) is 5.69 Å². The maximum absolute atomic E-state index is 4.53. The molecule has 142 valence electrons. The smallest absolute Gasteiger partial charge is 0.193 e. The molecule has 0 amide bonds. The maximum Gasteiger partial charge on any atom is 0.193 e. The van der Waals surface area contributed by atoms with Gasteiger partial charge in [-0.15, -0.1) is 35.3 Å². The number of aromatic nitrogens is 1. The fourth-order valence-corrected chi connectivity index (χ4v) is 4.05. The molecule has 1 unspecified atom stereocenters. The molecule has 26 heavy (non-hydrogen) atoms. The summed E-state index contributed by atoms with van der Waals surface area (Å²) in [5.41, 5.74) is 3.92. The number of hydrogen-bond donors (Lipinski definition) is 1. The van der Waals surface area contributed by atoms with Crippen molar-refractivity contribution in [1.29, 1.82) is 0 Å². The molecule has 2 heterocycles. The van der Waals surface area contributed by atoms with Gasteiger partial charge in [0.25, 0.3) is 0 Å². The zero-order valence-corrected chi connectivity index (χ0v) is 19.0. The van der Waals surface area contributed by atoms with Gasteiger partial charge in [-0.3, -0.25) is 4.99 Å². The molecule has 2 aromatic rings. The van der Waals surface area contributed by atoms with Crippen molar-refractivity contribution in [3.8, 4) is 0 Å². The van der Waals surface area contributed by atoms with Crippen molar-refractivity contribution in [1.82, 2.24) is 15.2 Å². The standard InChI is InChI=1S/C19H27N5S.HI/c1-14-11-16-7-5-6-8-18(16)24(14)10-9-21-19(20-3)23(4)12-17-13-25-15(2)22-17;/h5-8,13-14H,9-12H2,1-4H3,(H,20,21);1H. The fourth-order valence-electron chi connectivity index (χ4n) is 3.44. The molecule has 0 saturated carbocycles. The Balaban J connectivity index is 0.00000243. The van der Waals surface area contributed by atoms with E-state index in [1.165, 1.54) is 11.3 Å². The van der Waals surface area contributed by atoms with Gasteiger partial charge < -0.3 is 15.1 Å². The van der Waals surface area contributed by atoms with E-state index in [1.807, 2.05) is 14.0 Å². The van der Waals surface area contributed by atoms with Crippen LogP contribution < -0.4 is 10.2 Å². The van der Waals surface area contributed by atoms with E-state index in [9.17, 15) is 0 Å². The zero-order valence-electron chi connectivity index (χ0n) is 15.9. The molecule has 1 aliphatic heterocycles. The number of guanidine groups is 1. The van der Waals surface area contributed by atoms with Crippen molar-refractivity contribution >= 4 is 47.0 Å². The summed E-state index contributed by atoms with van der Waals surface area (Å²) >= 11 is 1.69. The Morgan fingerprint density at radius 3 is 2.88 bits per heavy atom.